The Morgan fingerprint density at radius 2 is 2.15 bits per heavy atom. The fraction of sp³-hybridized carbons (Fsp3) is 0. The molecule has 100 valence electrons. The SMILES string of the molecule is Nc1ccc2[nH]c(C(=O)Nc3cccnc3Cl)cc2c1. The molecule has 0 saturated heterocycles. The van der Waals surface area contributed by atoms with E-state index in [0.29, 0.717) is 17.1 Å². The lowest BCUT2D eigenvalue weighted by atomic mass is 10.2. The molecule has 3 aromatic rings. The molecule has 0 spiro atoms. The van der Waals surface area contributed by atoms with Crippen LogP contribution in [0, 0.1) is 0 Å². The molecule has 4 N–H and O–H groups in total. The van der Waals surface area contributed by atoms with Gasteiger partial charge in [0, 0.05) is 22.8 Å². The van der Waals surface area contributed by atoms with Crippen LogP contribution in [0.4, 0.5) is 11.4 Å². The average molecular weight is 287 g/mol. The third kappa shape index (κ3) is 2.31. The van der Waals surface area contributed by atoms with Crippen LogP contribution in [0.2, 0.25) is 5.15 Å². The van der Waals surface area contributed by atoms with Gasteiger partial charge in [0.25, 0.3) is 5.91 Å². The number of nitrogens with one attached hydrogen (secondary N) is 2. The number of rotatable bonds is 2. The van der Waals surface area contributed by atoms with Crippen molar-refractivity contribution in [3.8, 4) is 0 Å². The van der Waals surface area contributed by atoms with Gasteiger partial charge in [0.05, 0.1) is 5.69 Å². The molecule has 0 saturated carbocycles. The molecule has 2 aromatic heterocycles. The molecule has 0 aliphatic rings. The Morgan fingerprint density at radius 3 is 2.95 bits per heavy atom. The van der Waals surface area contributed by atoms with E-state index in [2.05, 4.69) is 15.3 Å². The molecule has 1 aromatic carbocycles. The van der Waals surface area contributed by atoms with E-state index in [0.717, 1.165) is 10.9 Å². The highest BCUT2D eigenvalue weighted by Crippen LogP contribution is 2.21. The number of hydrogen-bond donors (Lipinski definition) is 3. The second kappa shape index (κ2) is 4.86. The van der Waals surface area contributed by atoms with Crippen LogP contribution in [0.25, 0.3) is 10.9 Å². The van der Waals surface area contributed by atoms with E-state index in [1.165, 1.54) is 0 Å². The Labute approximate surface area is 119 Å². The second-order valence-electron chi connectivity index (χ2n) is 4.33. The van der Waals surface area contributed by atoms with Crippen molar-refractivity contribution in [2.45, 2.75) is 0 Å². The van der Waals surface area contributed by atoms with Crippen LogP contribution in [-0.4, -0.2) is 15.9 Å². The lowest BCUT2D eigenvalue weighted by molar-refractivity contribution is 0.102. The molecule has 0 bridgehead atoms. The maximum absolute atomic E-state index is 12.2. The van der Waals surface area contributed by atoms with E-state index >= 15 is 0 Å². The molecule has 0 fully saturated rings. The number of halogens is 1. The largest absolute Gasteiger partial charge is 0.399 e. The first-order chi connectivity index (χ1) is 9.63. The first-order valence-corrected chi connectivity index (χ1v) is 6.31. The van der Waals surface area contributed by atoms with Gasteiger partial charge in [-0.3, -0.25) is 4.79 Å². The van der Waals surface area contributed by atoms with Gasteiger partial charge in [0.2, 0.25) is 0 Å². The summed E-state index contributed by atoms with van der Waals surface area (Å²) in [6.45, 7) is 0. The zero-order valence-corrected chi connectivity index (χ0v) is 11.1. The summed E-state index contributed by atoms with van der Waals surface area (Å²) in [5.74, 6) is -0.283. The number of aromatic amines is 1. The van der Waals surface area contributed by atoms with Gasteiger partial charge < -0.3 is 16.0 Å². The summed E-state index contributed by atoms with van der Waals surface area (Å²) >= 11 is 5.90. The van der Waals surface area contributed by atoms with Crippen LogP contribution in [-0.2, 0) is 0 Å². The van der Waals surface area contributed by atoms with E-state index in [1.807, 2.05) is 6.07 Å². The van der Waals surface area contributed by atoms with Crippen molar-refractivity contribution >= 4 is 39.8 Å². The lowest BCUT2D eigenvalue weighted by Crippen LogP contribution is -2.12. The van der Waals surface area contributed by atoms with E-state index in [-0.39, 0.29) is 11.1 Å². The standard InChI is InChI=1S/C14H11ClN4O/c15-13-11(2-1-5-17-13)19-14(20)12-7-8-6-9(16)3-4-10(8)18-12/h1-7,18H,16H2,(H,19,20). The van der Waals surface area contributed by atoms with Gasteiger partial charge in [-0.1, -0.05) is 11.6 Å². The Balaban J connectivity index is 1.91. The van der Waals surface area contributed by atoms with Crippen molar-refractivity contribution in [2.24, 2.45) is 0 Å². The number of pyridine rings is 1. The molecule has 20 heavy (non-hydrogen) atoms. The lowest BCUT2D eigenvalue weighted by Gasteiger charge is -2.04. The molecule has 0 atom stereocenters. The minimum atomic E-state index is -0.283. The highest BCUT2D eigenvalue weighted by molar-refractivity contribution is 6.32. The minimum absolute atomic E-state index is 0.251. The monoisotopic (exact) mass is 286 g/mol. The van der Waals surface area contributed by atoms with E-state index < -0.39 is 0 Å². The molecule has 0 unspecified atom stereocenters. The number of fused-ring (bicyclic) bond motifs is 1. The summed E-state index contributed by atoms with van der Waals surface area (Å²) in [6, 6.07) is 10.5. The number of carbonyl (C=O) groups excluding carboxylic acids is 1. The molecule has 1 amide bonds. The van der Waals surface area contributed by atoms with E-state index in [9.17, 15) is 4.79 Å². The van der Waals surface area contributed by atoms with Gasteiger partial charge in [0.1, 0.15) is 5.69 Å². The van der Waals surface area contributed by atoms with E-state index in [1.54, 1.807) is 36.5 Å². The van der Waals surface area contributed by atoms with Crippen molar-refractivity contribution in [2.75, 3.05) is 11.1 Å². The number of aromatic nitrogens is 2. The Morgan fingerprint density at radius 1 is 1.30 bits per heavy atom. The van der Waals surface area contributed by atoms with Crippen LogP contribution in [0.5, 0.6) is 0 Å². The molecular weight excluding hydrogens is 276 g/mol. The number of anilines is 2. The van der Waals surface area contributed by atoms with Crippen molar-refractivity contribution < 1.29 is 4.79 Å². The van der Waals surface area contributed by atoms with Gasteiger partial charge in [-0.25, -0.2) is 4.98 Å². The Hall–Kier alpha value is -2.53. The zero-order chi connectivity index (χ0) is 14.1. The third-order valence-electron chi connectivity index (χ3n) is 2.90. The van der Waals surface area contributed by atoms with Crippen molar-refractivity contribution in [1.29, 1.82) is 0 Å². The van der Waals surface area contributed by atoms with Gasteiger partial charge in [-0.05, 0) is 36.4 Å². The van der Waals surface area contributed by atoms with Crippen LogP contribution in [0.1, 0.15) is 10.5 Å². The molecule has 6 heteroatoms. The maximum atomic E-state index is 12.2. The smallest absolute Gasteiger partial charge is 0.272 e. The predicted molar refractivity (Wildman–Crippen MR) is 79.9 cm³/mol. The fourth-order valence-electron chi connectivity index (χ4n) is 1.94. The minimum Gasteiger partial charge on any atom is -0.399 e. The van der Waals surface area contributed by atoms with Crippen LogP contribution in [0.15, 0.2) is 42.6 Å². The number of H-pyrrole nitrogens is 1. The summed E-state index contributed by atoms with van der Waals surface area (Å²) in [5, 5.41) is 3.84. The normalized spacial score (nSPS) is 10.7. The van der Waals surface area contributed by atoms with Crippen molar-refractivity contribution in [1.82, 2.24) is 9.97 Å². The highest BCUT2D eigenvalue weighted by atomic mass is 35.5. The number of nitrogens with two attached hydrogens (primary N) is 1. The first kappa shape index (κ1) is 12.5. The number of hydrogen-bond acceptors (Lipinski definition) is 3. The second-order valence-corrected chi connectivity index (χ2v) is 4.68. The molecule has 3 rings (SSSR count). The van der Waals surface area contributed by atoms with E-state index in [4.69, 9.17) is 17.3 Å². The summed E-state index contributed by atoms with van der Waals surface area (Å²) < 4.78 is 0. The van der Waals surface area contributed by atoms with Gasteiger partial charge >= 0.3 is 0 Å². The summed E-state index contributed by atoms with van der Waals surface area (Å²) in [6.07, 6.45) is 1.56. The molecule has 0 aliphatic carbocycles. The fourth-order valence-corrected chi connectivity index (χ4v) is 2.11. The van der Waals surface area contributed by atoms with Gasteiger partial charge in [-0.15, -0.1) is 0 Å². The Bertz CT molecular complexity index is 797. The number of nitrogen functional groups attached to an aromatic ring is 1. The molecule has 0 aliphatic heterocycles. The van der Waals surface area contributed by atoms with Crippen LogP contribution in [0.3, 0.4) is 0 Å². The number of nitrogens with zero attached hydrogens (tertiary/aromatic N) is 1. The molecule has 2 heterocycles. The summed E-state index contributed by atoms with van der Waals surface area (Å²) in [5.41, 5.74) is 8.12. The number of carbonyl (C=O) groups is 1. The molecule has 0 radical (unpaired) electrons. The molecular formula is C14H11ClN4O. The first-order valence-electron chi connectivity index (χ1n) is 5.93. The maximum Gasteiger partial charge on any atom is 0.272 e. The van der Waals surface area contributed by atoms with Gasteiger partial charge in [0.15, 0.2) is 5.15 Å². The number of benzene rings is 1. The topological polar surface area (TPSA) is 83.8 Å². The number of amides is 1. The quantitative estimate of drug-likeness (QED) is 0.500. The third-order valence-corrected chi connectivity index (χ3v) is 3.20. The zero-order valence-electron chi connectivity index (χ0n) is 10.4. The predicted octanol–water partition coefficient (Wildman–Crippen LogP) is 3.05. The highest BCUT2D eigenvalue weighted by Gasteiger charge is 2.11. The van der Waals surface area contributed by atoms with Crippen LogP contribution < -0.4 is 11.1 Å². The van der Waals surface area contributed by atoms with Crippen molar-refractivity contribution in [3.05, 3.63) is 53.4 Å². The molecule has 5 nitrogen and oxygen atoms in total. The van der Waals surface area contributed by atoms with Gasteiger partial charge in [-0.2, -0.15) is 0 Å². The van der Waals surface area contributed by atoms with Crippen LogP contribution >= 0.6 is 11.6 Å². The summed E-state index contributed by atoms with van der Waals surface area (Å²) in [4.78, 5) is 19.1. The average Bonchev–Trinajstić information content (AvgIpc) is 2.84. The Kier molecular flexibility index (Phi) is 3.04. The van der Waals surface area contributed by atoms with Crippen molar-refractivity contribution in [3.63, 3.8) is 0 Å². The summed E-state index contributed by atoms with van der Waals surface area (Å²) in [7, 11) is 0.